The molecule has 1 heterocycles. The van der Waals surface area contributed by atoms with Crippen LogP contribution in [0.4, 0.5) is 5.69 Å². The Balaban J connectivity index is 2.09. The molecule has 0 aliphatic rings. The van der Waals surface area contributed by atoms with Gasteiger partial charge in [0, 0.05) is 10.9 Å². The largest absolute Gasteiger partial charge is 0.290 e. The number of nitrogens with one attached hydrogen (secondary N) is 2. The number of nitrogens with zero attached hydrogens (tertiary/aromatic N) is 2. The Labute approximate surface area is 115 Å². The molecule has 3 aromatic rings. The van der Waals surface area contributed by atoms with Crippen molar-refractivity contribution in [2.24, 2.45) is 4.99 Å². The summed E-state index contributed by atoms with van der Waals surface area (Å²) in [4.78, 5) is 4.43. The van der Waals surface area contributed by atoms with Crippen LogP contribution >= 0.6 is 0 Å². The third kappa shape index (κ3) is 2.26. The second-order valence-corrected chi connectivity index (χ2v) is 4.55. The van der Waals surface area contributed by atoms with Crippen LogP contribution in [-0.2, 0) is 0 Å². The third-order valence-corrected chi connectivity index (χ3v) is 3.11. The van der Waals surface area contributed by atoms with Crippen molar-refractivity contribution < 1.29 is 5.21 Å². The molecule has 0 unspecified atom stereocenters. The van der Waals surface area contributed by atoms with Crippen LogP contribution < -0.4 is 5.48 Å². The smallest absolute Gasteiger partial charge is 0.159 e. The van der Waals surface area contributed by atoms with Crippen molar-refractivity contribution in [3.63, 3.8) is 0 Å². The summed E-state index contributed by atoms with van der Waals surface area (Å²) in [5.41, 5.74) is 5.70. The molecule has 1 aromatic heterocycles. The van der Waals surface area contributed by atoms with Gasteiger partial charge in [-0.15, -0.1) is 0 Å². The van der Waals surface area contributed by atoms with Crippen molar-refractivity contribution >= 4 is 22.4 Å². The van der Waals surface area contributed by atoms with Gasteiger partial charge in [0.25, 0.3) is 0 Å². The highest BCUT2D eigenvalue weighted by Crippen LogP contribution is 2.19. The number of para-hydroxylation sites is 1. The number of rotatable bonds is 2. The van der Waals surface area contributed by atoms with Gasteiger partial charge < -0.3 is 0 Å². The van der Waals surface area contributed by atoms with Gasteiger partial charge in [-0.05, 0) is 25.1 Å². The number of H-pyrrole nitrogens is 1. The van der Waals surface area contributed by atoms with E-state index in [0.717, 1.165) is 27.7 Å². The molecule has 5 heteroatoms. The molecule has 0 atom stereocenters. The second kappa shape index (κ2) is 5.14. The van der Waals surface area contributed by atoms with Gasteiger partial charge >= 0.3 is 0 Å². The minimum absolute atomic E-state index is 0.378. The molecule has 3 N–H and O–H groups in total. The lowest BCUT2D eigenvalue weighted by Gasteiger charge is -2.06. The maximum absolute atomic E-state index is 9.38. The molecule has 3 rings (SSSR count). The average molecular weight is 266 g/mol. The summed E-state index contributed by atoms with van der Waals surface area (Å²) in [5, 5.41) is 17.3. The lowest BCUT2D eigenvalue weighted by atomic mass is 10.1. The average Bonchev–Trinajstić information content (AvgIpc) is 2.95. The van der Waals surface area contributed by atoms with Crippen LogP contribution in [0.2, 0.25) is 0 Å². The van der Waals surface area contributed by atoms with E-state index in [1.807, 2.05) is 49.4 Å². The first-order chi connectivity index (χ1) is 9.78. The molecule has 20 heavy (non-hydrogen) atoms. The number of aliphatic imine (C=N–C) groups is 1. The van der Waals surface area contributed by atoms with Crippen molar-refractivity contribution in [1.29, 1.82) is 0 Å². The molecule has 0 saturated heterocycles. The van der Waals surface area contributed by atoms with Gasteiger partial charge in [-0.1, -0.05) is 29.8 Å². The van der Waals surface area contributed by atoms with Gasteiger partial charge in [-0.3, -0.25) is 15.8 Å². The molecule has 2 aromatic carbocycles. The zero-order valence-electron chi connectivity index (χ0n) is 11.0. The highest BCUT2D eigenvalue weighted by Gasteiger charge is 2.09. The Kier molecular flexibility index (Phi) is 3.18. The molecule has 0 aliphatic heterocycles. The van der Waals surface area contributed by atoms with Crippen LogP contribution in [0.1, 0.15) is 11.1 Å². The van der Waals surface area contributed by atoms with E-state index >= 15 is 0 Å². The van der Waals surface area contributed by atoms with E-state index in [1.165, 1.54) is 0 Å². The number of hydrogen-bond donors (Lipinski definition) is 3. The molecular formula is C15H14N4O. The highest BCUT2D eigenvalue weighted by atomic mass is 16.5. The summed E-state index contributed by atoms with van der Waals surface area (Å²) >= 11 is 0. The molecule has 0 radical (unpaired) electrons. The number of hydrogen-bond acceptors (Lipinski definition) is 3. The zero-order chi connectivity index (χ0) is 13.9. The second-order valence-electron chi connectivity index (χ2n) is 4.55. The SMILES string of the molecule is Cc1ccc(N=C(NO)c2cccc3cn[nH]c23)cc1. The number of aromatic nitrogens is 2. The van der Waals surface area contributed by atoms with E-state index in [-0.39, 0.29) is 0 Å². The highest BCUT2D eigenvalue weighted by molar-refractivity contribution is 6.08. The molecule has 100 valence electrons. The minimum atomic E-state index is 0.378. The van der Waals surface area contributed by atoms with E-state index in [0.29, 0.717) is 5.84 Å². The molecule has 0 fully saturated rings. The molecule has 5 nitrogen and oxygen atoms in total. The van der Waals surface area contributed by atoms with E-state index in [1.54, 1.807) is 6.20 Å². The fourth-order valence-corrected chi connectivity index (χ4v) is 2.06. The van der Waals surface area contributed by atoms with E-state index in [9.17, 15) is 5.21 Å². The number of fused-ring (bicyclic) bond motifs is 1. The van der Waals surface area contributed by atoms with Crippen molar-refractivity contribution in [3.05, 3.63) is 59.8 Å². The summed E-state index contributed by atoms with van der Waals surface area (Å²) in [5.74, 6) is 0.378. The van der Waals surface area contributed by atoms with Crippen LogP contribution in [0.15, 0.2) is 53.7 Å². The van der Waals surface area contributed by atoms with Crippen LogP contribution in [0.25, 0.3) is 10.9 Å². The maximum atomic E-state index is 9.38. The predicted octanol–water partition coefficient (Wildman–Crippen LogP) is 2.93. The fourth-order valence-electron chi connectivity index (χ4n) is 2.06. The van der Waals surface area contributed by atoms with Gasteiger partial charge in [0.2, 0.25) is 0 Å². The Morgan fingerprint density at radius 2 is 2.00 bits per heavy atom. The third-order valence-electron chi connectivity index (χ3n) is 3.11. The fraction of sp³-hybridized carbons (Fsp3) is 0.0667. The Hall–Kier alpha value is -2.66. The van der Waals surface area contributed by atoms with Gasteiger partial charge in [-0.25, -0.2) is 4.99 Å². The minimum Gasteiger partial charge on any atom is -0.290 e. The van der Waals surface area contributed by atoms with Gasteiger partial charge in [0.1, 0.15) is 0 Å². The zero-order valence-corrected chi connectivity index (χ0v) is 11.0. The Morgan fingerprint density at radius 3 is 2.75 bits per heavy atom. The Morgan fingerprint density at radius 1 is 1.20 bits per heavy atom. The molecule has 0 spiro atoms. The van der Waals surface area contributed by atoms with Crippen molar-refractivity contribution in [3.8, 4) is 0 Å². The van der Waals surface area contributed by atoms with Crippen molar-refractivity contribution in [1.82, 2.24) is 15.7 Å². The summed E-state index contributed by atoms with van der Waals surface area (Å²) in [6, 6.07) is 13.5. The molecular weight excluding hydrogens is 252 g/mol. The van der Waals surface area contributed by atoms with Gasteiger partial charge in [-0.2, -0.15) is 5.10 Å². The molecule has 0 amide bonds. The van der Waals surface area contributed by atoms with Crippen LogP contribution in [0.3, 0.4) is 0 Å². The van der Waals surface area contributed by atoms with E-state index in [4.69, 9.17) is 0 Å². The Bertz CT molecular complexity index is 759. The monoisotopic (exact) mass is 266 g/mol. The van der Waals surface area contributed by atoms with E-state index < -0.39 is 0 Å². The summed E-state index contributed by atoms with van der Waals surface area (Å²) < 4.78 is 0. The molecule has 0 aliphatic carbocycles. The first kappa shape index (κ1) is 12.4. The number of hydroxylamine groups is 1. The lowest BCUT2D eigenvalue weighted by molar-refractivity contribution is 0.235. The maximum Gasteiger partial charge on any atom is 0.159 e. The first-order valence-electron chi connectivity index (χ1n) is 6.26. The predicted molar refractivity (Wildman–Crippen MR) is 78.4 cm³/mol. The summed E-state index contributed by atoms with van der Waals surface area (Å²) in [6.07, 6.45) is 1.74. The molecule has 0 bridgehead atoms. The van der Waals surface area contributed by atoms with E-state index in [2.05, 4.69) is 20.7 Å². The standard InChI is InChI=1S/C15H14N4O/c1-10-5-7-12(8-6-10)17-15(19-20)13-4-2-3-11-9-16-18-14(11)13/h2-9,20H,1H3,(H,16,18)(H,17,19). The normalized spacial score (nSPS) is 11.8. The first-order valence-corrected chi connectivity index (χ1v) is 6.26. The molecule has 0 saturated carbocycles. The lowest BCUT2D eigenvalue weighted by Crippen LogP contribution is -2.20. The van der Waals surface area contributed by atoms with Gasteiger partial charge in [0.15, 0.2) is 5.84 Å². The van der Waals surface area contributed by atoms with Crippen LogP contribution in [0.5, 0.6) is 0 Å². The topological polar surface area (TPSA) is 73.3 Å². The number of aryl methyl sites for hydroxylation is 1. The van der Waals surface area contributed by atoms with Crippen LogP contribution in [-0.4, -0.2) is 21.2 Å². The summed E-state index contributed by atoms with van der Waals surface area (Å²) in [6.45, 7) is 2.02. The summed E-state index contributed by atoms with van der Waals surface area (Å²) in [7, 11) is 0. The number of benzene rings is 2. The van der Waals surface area contributed by atoms with Crippen LogP contribution in [0, 0.1) is 6.92 Å². The number of aromatic amines is 1. The van der Waals surface area contributed by atoms with Crippen molar-refractivity contribution in [2.75, 3.05) is 0 Å². The van der Waals surface area contributed by atoms with Gasteiger partial charge in [0.05, 0.1) is 17.4 Å². The number of amidine groups is 1. The quantitative estimate of drug-likeness (QED) is 0.379. The van der Waals surface area contributed by atoms with Crippen molar-refractivity contribution in [2.45, 2.75) is 6.92 Å².